The fourth-order valence-corrected chi connectivity index (χ4v) is 2.37. The lowest BCUT2D eigenvalue weighted by molar-refractivity contribution is -0.402. The van der Waals surface area contributed by atoms with Crippen molar-refractivity contribution in [3.05, 3.63) is 57.8 Å². The second-order valence-electron chi connectivity index (χ2n) is 5.13. The first-order valence-corrected chi connectivity index (χ1v) is 6.25. The molecule has 0 saturated carbocycles. The summed E-state index contributed by atoms with van der Waals surface area (Å²) in [6, 6.07) is 10.7. The fraction of sp³-hybridized carbons (Fsp3) is 0.286. The summed E-state index contributed by atoms with van der Waals surface area (Å²) in [7, 11) is 0. The predicted octanol–water partition coefficient (Wildman–Crippen LogP) is 3.56. The number of para-hydroxylation sites is 1. The van der Waals surface area contributed by atoms with Crippen molar-refractivity contribution >= 4 is 11.6 Å². The highest BCUT2D eigenvalue weighted by atomic mass is 16.7. The quantitative estimate of drug-likeness (QED) is 0.669. The van der Waals surface area contributed by atoms with E-state index in [4.69, 9.17) is 9.15 Å². The molecule has 0 bridgehead atoms. The van der Waals surface area contributed by atoms with Gasteiger partial charge in [-0.15, -0.1) is 0 Å². The average Bonchev–Trinajstić information content (AvgIpc) is 2.87. The van der Waals surface area contributed by atoms with Gasteiger partial charge in [-0.2, -0.15) is 0 Å². The molecule has 3 rings (SSSR count). The maximum atomic E-state index is 10.7. The van der Waals surface area contributed by atoms with Crippen molar-refractivity contribution in [2.75, 3.05) is 5.32 Å². The van der Waals surface area contributed by atoms with Crippen molar-refractivity contribution in [3.8, 4) is 0 Å². The molecule has 1 aromatic carbocycles. The molecule has 1 atom stereocenters. The number of fused-ring (bicyclic) bond motifs is 1. The van der Waals surface area contributed by atoms with Gasteiger partial charge < -0.3 is 14.5 Å². The Kier molecular flexibility index (Phi) is 2.76. The van der Waals surface area contributed by atoms with E-state index in [0.29, 0.717) is 5.76 Å². The van der Waals surface area contributed by atoms with Gasteiger partial charge in [0.1, 0.15) is 4.92 Å². The van der Waals surface area contributed by atoms with Crippen LogP contribution in [0.2, 0.25) is 0 Å². The smallest absolute Gasteiger partial charge is 0.401 e. The first-order chi connectivity index (χ1) is 9.47. The molecule has 2 aromatic rings. The van der Waals surface area contributed by atoms with Gasteiger partial charge in [0, 0.05) is 11.3 Å². The Balaban J connectivity index is 1.96. The Morgan fingerprint density at radius 2 is 2.00 bits per heavy atom. The van der Waals surface area contributed by atoms with Crippen molar-refractivity contribution in [2.24, 2.45) is 0 Å². The van der Waals surface area contributed by atoms with Crippen LogP contribution in [0.15, 0.2) is 40.8 Å². The van der Waals surface area contributed by atoms with E-state index in [2.05, 4.69) is 5.32 Å². The van der Waals surface area contributed by atoms with Crippen molar-refractivity contribution in [2.45, 2.75) is 25.7 Å². The summed E-state index contributed by atoms with van der Waals surface area (Å²) in [4.78, 5) is 10.1. The lowest BCUT2D eigenvalue weighted by Crippen LogP contribution is -2.33. The molecule has 1 N–H and O–H groups in total. The van der Waals surface area contributed by atoms with Crippen molar-refractivity contribution < 1.29 is 14.1 Å². The van der Waals surface area contributed by atoms with Crippen molar-refractivity contribution in [1.29, 1.82) is 0 Å². The topological polar surface area (TPSA) is 77.5 Å². The Bertz CT molecular complexity index is 663. The molecule has 20 heavy (non-hydrogen) atoms. The molecule has 0 radical (unpaired) electrons. The van der Waals surface area contributed by atoms with Gasteiger partial charge in [-0.1, -0.05) is 18.2 Å². The molecular weight excluding hydrogens is 260 g/mol. The van der Waals surface area contributed by atoms with Crippen LogP contribution in [-0.2, 0) is 10.3 Å². The Labute approximate surface area is 115 Å². The van der Waals surface area contributed by atoms with Crippen LogP contribution in [0.25, 0.3) is 0 Å². The van der Waals surface area contributed by atoms with Crippen molar-refractivity contribution in [3.63, 3.8) is 0 Å². The molecule has 0 spiro atoms. The van der Waals surface area contributed by atoms with Crippen LogP contribution in [0.1, 0.15) is 31.4 Å². The summed E-state index contributed by atoms with van der Waals surface area (Å²) in [5, 5.41) is 13.9. The first-order valence-electron chi connectivity index (χ1n) is 6.25. The highest BCUT2D eigenvalue weighted by Gasteiger charge is 2.35. The molecule has 1 aliphatic rings. The number of benzene rings is 1. The normalized spacial score (nSPS) is 20.0. The van der Waals surface area contributed by atoms with Gasteiger partial charge in [0.2, 0.25) is 0 Å². The number of anilines is 1. The number of nitrogens with zero attached hydrogens (tertiary/aromatic N) is 1. The Morgan fingerprint density at radius 3 is 2.70 bits per heavy atom. The monoisotopic (exact) mass is 274 g/mol. The Hall–Kier alpha value is -2.34. The predicted molar refractivity (Wildman–Crippen MR) is 72.3 cm³/mol. The molecule has 0 saturated heterocycles. The highest BCUT2D eigenvalue weighted by molar-refractivity contribution is 5.56. The molecule has 6 heteroatoms. The van der Waals surface area contributed by atoms with Crippen molar-refractivity contribution in [1.82, 2.24) is 0 Å². The highest BCUT2D eigenvalue weighted by Crippen LogP contribution is 2.42. The average molecular weight is 274 g/mol. The number of ether oxygens (including phenoxy) is 1. The minimum atomic E-state index is -0.564. The van der Waals surface area contributed by atoms with Gasteiger partial charge in [-0.05, 0) is 26.0 Å². The number of furan rings is 1. The molecule has 1 unspecified atom stereocenters. The molecule has 0 fully saturated rings. The molecule has 0 aliphatic carbocycles. The number of nitrogens with one attached hydrogen (secondary N) is 1. The van der Waals surface area contributed by atoms with Gasteiger partial charge in [0.05, 0.1) is 11.7 Å². The van der Waals surface area contributed by atoms with E-state index < -0.39 is 16.8 Å². The van der Waals surface area contributed by atoms with E-state index >= 15 is 0 Å². The van der Waals surface area contributed by atoms with E-state index in [1.54, 1.807) is 6.07 Å². The summed E-state index contributed by atoms with van der Waals surface area (Å²) in [6.07, 6.45) is -0.548. The third-order valence-electron chi connectivity index (χ3n) is 3.33. The van der Waals surface area contributed by atoms with Crippen LogP contribution in [0.3, 0.4) is 0 Å². The van der Waals surface area contributed by atoms with E-state index in [1.165, 1.54) is 6.07 Å². The first kappa shape index (κ1) is 12.7. The SMILES string of the molecule is CC1(C)OC(c2ccc([N+](=O)[O-])o2)Nc2ccccc21. The van der Waals surface area contributed by atoms with Crippen LogP contribution in [-0.4, -0.2) is 4.92 Å². The number of rotatable bonds is 2. The van der Waals surface area contributed by atoms with E-state index in [9.17, 15) is 10.1 Å². The lowest BCUT2D eigenvalue weighted by Gasteiger charge is -2.38. The second-order valence-corrected chi connectivity index (χ2v) is 5.13. The van der Waals surface area contributed by atoms with Crippen LogP contribution >= 0.6 is 0 Å². The molecule has 0 amide bonds. The number of nitro groups is 1. The molecule has 1 aliphatic heterocycles. The van der Waals surface area contributed by atoms with Gasteiger partial charge >= 0.3 is 5.88 Å². The number of hydrogen-bond acceptors (Lipinski definition) is 5. The molecule has 104 valence electrons. The van der Waals surface area contributed by atoms with Crippen LogP contribution < -0.4 is 5.32 Å². The second kappa shape index (κ2) is 4.35. The van der Waals surface area contributed by atoms with E-state index in [-0.39, 0.29) is 5.88 Å². The molecule has 6 nitrogen and oxygen atoms in total. The van der Waals surface area contributed by atoms with Gasteiger partial charge in [-0.3, -0.25) is 10.1 Å². The molecule has 1 aromatic heterocycles. The largest absolute Gasteiger partial charge is 0.433 e. The molecule has 2 heterocycles. The summed E-state index contributed by atoms with van der Waals surface area (Å²) in [5.74, 6) is 0.0985. The minimum Gasteiger partial charge on any atom is -0.401 e. The molecular formula is C14H14N2O4. The lowest BCUT2D eigenvalue weighted by atomic mass is 9.94. The van der Waals surface area contributed by atoms with E-state index in [0.717, 1.165) is 11.3 Å². The maximum Gasteiger partial charge on any atom is 0.433 e. The number of hydrogen-bond donors (Lipinski definition) is 1. The third-order valence-corrected chi connectivity index (χ3v) is 3.33. The third kappa shape index (κ3) is 2.04. The van der Waals surface area contributed by atoms with Gasteiger partial charge in [0.25, 0.3) is 0 Å². The summed E-state index contributed by atoms with van der Waals surface area (Å²) >= 11 is 0. The van der Waals surface area contributed by atoms with Crippen LogP contribution in [0, 0.1) is 10.1 Å². The van der Waals surface area contributed by atoms with Crippen LogP contribution in [0.5, 0.6) is 0 Å². The van der Waals surface area contributed by atoms with Gasteiger partial charge in [0.15, 0.2) is 12.0 Å². The van der Waals surface area contributed by atoms with E-state index in [1.807, 2.05) is 38.1 Å². The summed E-state index contributed by atoms with van der Waals surface area (Å²) in [5.41, 5.74) is 1.47. The zero-order valence-corrected chi connectivity index (χ0v) is 11.1. The maximum absolute atomic E-state index is 10.7. The van der Waals surface area contributed by atoms with Crippen LogP contribution in [0.4, 0.5) is 11.6 Å². The van der Waals surface area contributed by atoms with Gasteiger partial charge in [-0.25, -0.2) is 0 Å². The summed E-state index contributed by atoms with van der Waals surface area (Å²) < 4.78 is 11.2. The zero-order valence-electron chi connectivity index (χ0n) is 11.1. The minimum absolute atomic E-state index is 0.290. The zero-order chi connectivity index (χ0) is 14.3. The Morgan fingerprint density at radius 1 is 1.25 bits per heavy atom. The summed E-state index contributed by atoms with van der Waals surface area (Å²) in [6.45, 7) is 3.91. The fourth-order valence-electron chi connectivity index (χ4n) is 2.37. The standard InChI is InChI=1S/C14H14N2O4/c1-14(2)9-5-3-4-6-10(9)15-13(20-14)11-7-8-12(19-11)16(17)18/h3-8,13,15H,1-2H3.